The molecule has 0 N–H and O–H groups in total. The minimum absolute atomic E-state index is 0.876. The Bertz CT molecular complexity index is 138. The molecular formula is C9H16IN. The number of fused-ring (bicyclic) bond motifs is 3. The van der Waals surface area contributed by atoms with Gasteiger partial charge in [0.05, 0.1) is 0 Å². The van der Waals surface area contributed by atoms with E-state index >= 15 is 0 Å². The summed E-state index contributed by atoms with van der Waals surface area (Å²) in [5.74, 6) is 2.06. The van der Waals surface area contributed by atoms with Gasteiger partial charge in [0.25, 0.3) is 0 Å². The van der Waals surface area contributed by atoms with Crippen molar-refractivity contribution >= 4 is 22.6 Å². The average Bonchev–Trinajstić information content (AvgIpc) is 2.06. The predicted octanol–water partition coefficient (Wildman–Crippen LogP) is 2.15. The van der Waals surface area contributed by atoms with Crippen LogP contribution in [0.25, 0.3) is 0 Å². The highest BCUT2D eigenvalue weighted by molar-refractivity contribution is 14.1. The Hall–Kier alpha value is 0.690. The molecule has 0 saturated carbocycles. The molecule has 1 nitrogen and oxygen atoms in total. The lowest BCUT2D eigenvalue weighted by Crippen LogP contribution is -2.49. The molecule has 3 heterocycles. The van der Waals surface area contributed by atoms with Gasteiger partial charge in [-0.3, -0.25) is 0 Å². The maximum atomic E-state index is 2.64. The fraction of sp³-hybridized carbons (Fsp3) is 1.00. The molecule has 3 rings (SSSR count). The molecule has 11 heavy (non-hydrogen) atoms. The van der Waals surface area contributed by atoms with Crippen LogP contribution in [0.5, 0.6) is 0 Å². The smallest absolute Gasteiger partial charge is 0.0124 e. The minimum atomic E-state index is 0.876. The van der Waals surface area contributed by atoms with Gasteiger partial charge >= 0.3 is 0 Å². The van der Waals surface area contributed by atoms with E-state index in [1.54, 1.807) is 0 Å². The lowest BCUT2D eigenvalue weighted by Gasteiger charge is -2.46. The van der Waals surface area contributed by atoms with Gasteiger partial charge in [-0.25, -0.2) is 0 Å². The fourth-order valence-corrected chi connectivity index (χ4v) is 3.35. The van der Waals surface area contributed by atoms with Crippen molar-refractivity contribution in [2.24, 2.45) is 11.8 Å². The number of hydrogen-bond acceptors (Lipinski definition) is 1. The number of alkyl halides is 1. The first-order valence-electron chi connectivity index (χ1n) is 4.64. The Balaban J connectivity index is 2.03. The van der Waals surface area contributed by atoms with Crippen molar-refractivity contribution in [3.63, 3.8) is 0 Å². The molecular weight excluding hydrogens is 249 g/mol. The van der Waals surface area contributed by atoms with Gasteiger partial charge < -0.3 is 4.90 Å². The van der Waals surface area contributed by atoms with Crippen molar-refractivity contribution in [2.75, 3.05) is 19.6 Å². The highest BCUT2D eigenvalue weighted by atomic mass is 127. The zero-order valence-electron chi connectivity index (χ0n) is 7.09. The zero-order chi connectivity index (χ0) is 7.84. The van der Waals surface area contributed by atoms with E-state index in [0.717, 1.165) is 15.8 Å². The molecule has 3 aliphatic heterocycles. The minimum Gasteiger partial charge on any atom is -0.303 e. The second-order valence-corrected chi connectivity index (χ2v) is 5.94. The van der Waals surface area contributed by atoms with Gasteiger partial charge in [-0.2, -0.15) is 0 Å². The second-order valence-electron chi connectivity index (χ2n) is 3.98. The second kappa shape index (κ2) is 3.21. The van der Waals surface area contributed by atoms with Crippen LogP contribution in [0.4, 0.5) is 0 Å². The number of hydrogen-bond donors (Lipinski definition) is 0. The largest absolute Gasteiger partial charge is 0.303 e. The quantitative estimate of drug-likeness (QED) is 0.518. The van der Waals surface area contributed by atoms with Crippen molar-refractivity contribution in [2.45, 2.75) is 23.7 Å². The number of halogens is 1. The molecule has 2 bridgehead atoms. The van der Waals surface area contributed by atoms with E-state index in [1.165, 1.54) is 32.5 Å². The Kier molecular flexibility index (Phi) is 2.42. The first-order valence-corrected chi connectivity index (χ1v) is 5.88. The Labute approximate surface area is 82.7 Å². The Morgan fingerprint density at radius 3 is 2.27 bits per heavy atom. The summed E-state index contributed by atoms with van der Waals surface area (Å²) in [5, 5.41) is 0. The van der Waals surface area contributed by atoms with Crippen LogP contribution in [0.3, 0.4) is 0 Å². The van der Waals surface area contributed by atoms with E-state index in [9.17, 15) is 0 Å². The summed E-state index contributed by atoms with van der Waals surface area (Å²) >= 11 is 2.59. The van der Waals surface area contributed by atoms with Crippen LogP contribution < -0.4 is 0 Å². The molecule has 0 aromatic rings. The molecule has 2 atom stereocenters. The van der Waals surface area contributed by atoms with E-state index in [1.807, 2.05) is 0 Å². The third kappa shape index (κ3) is 1.57. The van der Waals surface area contributed by atoms with Gasteiger partial charge in [0.15, 0.2) is 0 Å². The summed E-state index contributed by atoms with van der Waals surface area (Å²) in [7, 11) is 0. The van der Waals surface area contributed by atoms with Crippen LogP contribution in [0.15, 0.2) is 0 Å². The van der Waals surface area contributed by atoms with Gasteiger partial charge in [0, 0.05) is 10.5 Å². The highest BCUT2D eigenvalue weighted by Crippen LogP contribution is 2.36. The topological polar surface area (TPSA) is 3.24 Å². The average molecular weight is 265 g/mol. The lowest BCUT2D eigenvalue weighted by atomic mass is 9.78. The van der Waals surface area contributed by atoms with Crippen molar-refractivity contribution in [1.29, 1.82) is 0 Å². The van der Waals surface area contributed by atoms with Crippen molar-refractivity contribution in [3.05, 3.63) is 0 Å². The molecule has 2 unspecified atom stereocenters. The van der Waals surface area contributed by atoms with Crippen molar-refractivity contribution in [1.82, 2.24) is 4.90 Å². The first kappa shape index (κ1) is 8.30. The van der Waals surface area contributed by atoms with E-state index < -0.39 is 0 Å². The monoisotopic (exact) mass is 265 g/mol. The summed E-state index contributed by atoms with van der Waals surface area (Å²) in [4.78, 5) is 2.64. The van der Waals surface area contributed by atoms with Crippen LogP contribution in [0.2, 0.25) is 0 Å². The normalized spacial score (nSPS) is 45.8. The van der Waals surface area contributed by atoms with E-state index in [-0.39, 0.29) is 0 Å². The van der Waals surface area contributed by atoms with Crippen LogP contribution in [-0.2, 0) is 0 Å². The first-order chi connectivity index (χ1) is 5.27. The molecule has 64 valence electrons. The number of nitrogens with zero attached hydrogens (tertiary/aromatic N) is 1. The van der Waals surface area contributed by atoms with Crippen LogP contribution in [0, 0.1) is 11.8 Å². The molecule has 3 fully saturated rings. The fourth-order valence-electron chi connectivity index (χ4n) is 2.53. The number of rotatable bonds is 1. The SMILES string of the molecule is CC(I)C1CN2CCC1CC2. The molecule has 0 aliphatic carbocycles. The molecule has 3 aliphatic rings. The highest BCUT2D eigenvalue weighted by Gasteiger charge is 2.35. The standard InChI is InChI=1S/C9H16IN/c1-7(10)9-6-11-4-2-8(9)3-5-11/h7-9H,2-6H2,1H3. The van der Waals surface area contributed by atoms with E-state index in [4.69, 9.17) is 0 Å². The van der Waals surface area contributed by atoms with Crippen LogP contribution in [0.1, 0.15) is 19.8 Å². The lowest BCUT2D eigenvalue weighted by molar-refractivity contribution is 0.0541. The predicted molar refractivity (Wildman–Crippen MR) is 56.1 cm³/mol. The molecule has 2 heteroatoms. The van der Waals surface area contributed by atoms with Gasteiger partial charge in [-0.05, 0) is 37.8 Å². The molecule has 0 radical (unpaired) electrons. The van der Waals surface area contributed by atoms with Gasteiger partial charge in [0.1, 0.15) is 0 Å². The third-order valence-electron chi connectivity index (χ3n) is 3.30. The van der Waals surface area contributed by atoms with Gasteiger partial charge in [-0.1, -0.05) is 29.5 Å². The summed E-state index contributed by atoms with van der Waals surface area (Å²) in [6, 6.07) is 0. The van der Waals surface area contributed by atoms with E-state index in [2.05, 4.69) is 34.4 Å². The van der Waals surface area contributed by atoms with Crippen molar-refractivity contribution < 1.29 is 0 Å². The van der Waals surface area contributed by atoms with Crippen molar-refractivity contribution in [3.8, 4) is 0 Å². The van der Waals surface area contributed by atoms with Crippen LogP contribution >= 0.6 is 22.6 Å². The summed E-state index contributed by atoms with van der Waals surface area (Å²) in [6.07, 6.45) is 2.94. The maximum Gasteiger partial charge on any atom is 0.0124 e. The van der Waals surface area contributed by atoms with Gasteiger partial charge in [0.2, 0.25) is 0 Å². The molecule has 0 aromatic heterocycles. The van der Waals surface area contributed by atoms with Gasteiger partial charge in [-0.15, -0.1) is 0 Å². The molecule has 3 saturated heterocycles. The zero-order valence-corrected chi connectivity index (χ0v) is 9.25. The van der Waals surface area contributed by atoms with E-state index in [0.29, 0.717) is 0 Å². The molecule has 0 amide bonds. The van der Waals surface area contributed by atoms with Crippen LogP contribution in [-0.4, -0.2) is 28.5 Å². The Morgan fingerprint density at radius 2 is 2.00 bits per heavy atom. The summed E-state index contributed by atoms with van der Waals surface area (Å²) < 4.78 is 0.876. The third-order valence-corrected chi connectivity index (χ3v) is 4.22. The molecule has 0 spiro atoms. The summed E-state index contributed by atoms with van der Waals surface area (Å²) in [6.45, 7) is 6.51. The maximum absolute atomic E-state index is 2.64. The number of piperidine rings is 3. The summed E-state index contributed by atoms with van der Waals surface area (Å²) in [5.41, 5.74) is 0. The Morgan fingerprint density at radius 1 is 1.36 bits per heavy atom. The molecule has 0 aromatic carbocycles.